The van der Waals surface area contributed by atoms with Crippen molar-refractivity contribution in [3.8, 4) is 0 Å². The second-order valence-electron chi connectivity index (χ2n) is 4.52. The number of aromatic nitrogens is 2. The number of nitrogen functional groups attached to an aromatic ring is 1. The lowest BCUT2D eigenvalue weighted by atomic mass is 9.99. The van der Waals surface area contributed by atoms with Crippen LogP contribution in [0.1, 0.15) is 30.3 Å². The molecule has 0 radical (unpaired) electrons. The zero-order chi connectivity index (χ0) is 12.4. The SMILES string of the molecule is CC1CC(NC(=O)c2nonc2N)CCN1C. The van der Waals surface area contributed by atoms with E-state index in [1.165, 1.54) is 0 Å². The second kappa shape index (κ2) is 4.70. The average Bonchev–Trinajstić information content (AvgIpc) is 2.70. The van der Waals surface area contributed by atoms with Crippen molar-refractivity contribution in [2.24, 2.45) is 0 Å². The number of nitrogens with zero attached hydrogens (tertiary/aromatic N) is 3. The second-order valence-corrected chi connectivity index (χ2v) is 4.52. The standard InChI is InChI=1S/C10H17N5O2/c1-6-5-7(3-4-15(6)2)12-10(16)8-9(11)14-17-13-8/h6-7H,3-5H2,1-2H3,(H2,11,14)(H,12,16). The summed E-state index contributed by atoms with van der Waals surface area (Å²) in [6.45, 7) is 3.11. The Morgan fingerprint density at radius 3 is 2.94 bits per heavy atom. The van der Waals surface area contributed by atoms with Gasteiger partial charge in [0.05, 0.1) is 0 Å². The molecule has 0 spiro atoms. The number of likely N-dealkylation sites (tertiary alicyclic amines) is 1. The molecule has 94 valence electrons. The highest BCUT2D eigenvalue weighted by Gasteiger charge is 2.26. The maximum Gasteiger partial charge on any atom is 0.277 e. The van der Waals surface area contributed by atoms with Crippen LogP contribution in [0, 0.1) is 0 Å². The van der Waals surface area contributed by atoms with Gasteiger partial charge in [-0.15, -0.1) is 0 Å². The van der Waals surface area contributed by atoms with Crippen LogP contribution in [0.3, 0.4) is 0 Å². The molecular weight excluding hydrogens is 222 g/mol. The van der Waals surface area contributed by atoms with Crippen molar-refractivity contribution in [1.29, 1.82) is 0 Å². The molecule has 3 N–H and O–H groups in total. The van der Waals surface area contributed by atoms with Gasteiger partial charge in [-0.05, 0) is 37.1 Å². The van der Waals surface area contributed by atoms with E-state index in [1.54, 1.807) is 0 Å². The van der Waals surface area contributed by atoms with Crippen molar-refractivity contribution in [2.45, 2.75) is 31.8 Å². The van der Waals surface area contributed by atoms with Gasteiger partial charge in [0, 0.05) is 18.6 Å². The van der Waals surface area contributed by atoms with E-state index >= 15 is 0 Å². The minimum Gasteiger partial charge on any atom is -0.379 e. The lowest BCUT2D eigenvalue weighted by Gasteiger charge is -2.35. The molecule has 17 heavy (non-hydrogen) atoms. The Kier molecular flexibility index (Phi) is 3.28. The van der Waals surface area contributed by atoms with Gasteiger partial charge >= 0.3 is 0 Å². The van der Waals surface area contributed by atoms with Crippen molar-refractivity contribution < 1.29 is 9.42 Å². The smallest absolute Gasteiger partial charge is 0.277 e. The summed E-state index contributed by atoms with van der Waals surface area (Å²) in [6, 6.07) is 0.617. The van der Waals surface area contributed by atoms with E-state index in [2.05, 4.69) is 39.1 Å². The molecule has 1 aliphatic heterocycles. The maximum atomic E-state index is 11.8. The summed E-state index contributed by atoms with van der Waals surface area (Å²) >= 11 is 0. The molecule has 2 unspecified atom stereocenters. The number of amides is 1. The molecule has 1 aromatic heterocycles. The van der Waals surface area contributed by atoms with E-state index in [1.807, 2.05) is 0 Å². The fraction of sp³-hybridized carbons (Fsp3) is 0.700. The van der Waals surface area contributed by atoms with Crippen LogP contribution in [0.2, 0.25) is 0 Å². The Morgan fingerprint density at radius 2 is 2.35 bits per heavy atom. The van der Waals surface area contributed by atoms with Crippen molar-refractivity contribution >= 4 is 11.7 Å². The summed E-state index contributed by atoms with van der Waals surface area (Å²) in [6.07, 6.45) is 1.85. The molecule has 0 bridgehead atoms. The Bertz CT molecular complexity index is 405. The molecule has 0 saturated carbocycles. The van der Waals surface area contributed by atoms with Crippen LogP contribution in [0.5, 0.6) is 0 Å². The van der Waals surface area contributed by atoms with Gasteiger partial charge in [0.1, 0.15) is 0 Å². The molecule has 0 aliphatic carbocycles. The number of rotatable bonds is 2. The fourth-order valence-corrected chi connectivity index (χ4v) is 2.03. The summed E-state index contributed by atoms with van der Waals surface area (Å²) in [7, 11) is 2.09. The van der Waals surface area contributed by atoms with Gasteiger partial charge in [0.15, 0.2) is 0 Å². The first kappa shape index (κ1) is 11.8. The third-order valence-corrected chi connectivity index (χ3v) is 3.27. The van der Waals surface area contributed by atoms with E-state index in [-0.39, 0.29) is 23.5 Å². The van der Waals surface area contributed by atoms with Gasteiger partial charge in [-0.25, -0.2) is 4.63 Å². The van der Waals surface area contributed by atoms with E-state index in [4.69, 9.17) is 5.73 Å². The van der Waals surface area contributed by atoms with Crippen LogP contribution in [0.25, 0.3) is 0 Å². The number of carbonyl (C=O) groups is 1. The molecule has 1 aromatic rings. The van der Waals surface area contributed by atoms with Crippen molar-refractivity contribution in [3.63, 3.8) is 0 Å². The number of hydrogen-bond donors (Lipinski definition) is 2. The zero-order valence-corrected chi connectivity index (χ0v) is 10.0. The molecule has 7 heteroatoms. The highest BCUT2D eigenvalue weighted by molar-refractivity contribution is 5.96. The summed E-state index contributed by atoms with van der Waals surface area (Å²) in [4.78, 5) is 14.1. The number of hydrogen-bond acceptors (Lipinski definition) is 6. The third kappa shape index (κ3) is 2.55. The monoisotopic (exact) mass is 239 g/mol. The Hall–Kier alpha value is -1.63. The van der Waals surface area contributed by atoms with E-state index in [0.29, 0.717) is 6.04 Å². The number of anilines is 1. The quantitative estimate of drug-likeness (QED) is 0.745. The molecule has 2 heterocycles. The first-order valence-corrected chi connectivity index (χ1v) is 5.67. The van der Waals surface area contributed by atoms with Gasteiger partial charge in [0.25, 0.3) is 5.91 Å². The van der Waals surface area contributed by atoms with Crippen LogP contribution < -0.4 is 11.1 Å². The van der Waals surface area contributed by atoms with Gasteiger partial charge < -0.3 is 16.0 Å². The van der Waals surface area contributed by atoms with E-state index in [0.717, 1.165) is 19.4 Å². The highest BCUT2D eigenvalue weighted by Crippen LogP contribution is 2.16. The topological polar surface area (TPSA) is 97.3 Å². The van der Waals surface area contributed by atoms with E-state index < -0.39 is 0 Å². The minimum absolute atomic E-state index is 0.0310. The first-order chi connectivity index (χ1) is 8.08. The zero-order valence-electron chi connectivity index (χ0n) is 10.0. The Labute approximate surface area is 99.3 Å². The van der Waals surface area contributed by atoms with Crippen LogP contribution in [0.15, 0.2) is 4.63 Å². The third-order valence-electron chi connectivity index (χ3n) is 3.27. The van der Waals surface area contributed by atoms with Crippen molar-refractivity contribution in [3.05, 3.63) is 5.69 Å². The first-order valence-electron chi connectivity index (χ1n) is 5.67. The maximum absolute atomic E-state index is 11.8. The summed E-state index contributed by atoms with van der Waals surface area (Å²) in [5.41, 5.74) is 5.53. The molecule has 1 amide bonds. The number of piperidine rings is 1. The van der Waals surface area contributed by atoms with Crippen molar-refractivity contribution in [2.75, 3.05) is 19.3 Å². The number of nitrogens with one attached hydrogen (secondary N) is 1. The van der Waals surface area contributed by atoms with Crippen molar-refractivity contribution in [1.82, 2.24) is 20.5 Å². The highest BCUT2D eigenvalue weighted by atomic mass is 16.6. The molecule has 7 nitrogen and oxygen atoms in total. The molecule has 2 rings (SSSR count). The van der Waals surface area contributed by atoms with Gasteiger partial charge in [-0.3, -0.25) is 4.79 Å². The summed E-state index contributed by atoms with van der Waals surface area (Å²) in [5, 5.41) is 9.77. The fourth-order valence-electron chi connectivity index (χ4n) is 2.03. The number of carbonyl (C=O) groups excluding carboxylic acids is 1. The summed E-state index contributed by atoms with van der Waals surface area (Å²) < 4.78 is 4.40. The largest absolute Gasteiger partial charge is 0.379 e. The Balaban J connectivity index is 1.94. The average molecular weight is 239 g/mol. The molecule has 1 aliphatic rings. The molecule has 1 fully saturated rings. The van der Waals surface area contributed by atoms with Crippen LogP contribution in [-0.2, 0) is 0 Å². The van der Waals surface area contributed by atoms with Gasteiger partial charge in [-0.2, -0.15) is 0 Å². The molecule has 1 saturated heterocycles. The normalized spacial score (nSPS) is 25.8. The van der Waals surface area contributed by atoms with Gasteiger partial charge in [-0.1, -0.05) is 0 Å². The van der Waals surface area contributed by atoms with Crippen LogP contribution in [0.4, 0.5) is 5.82 Å². The number of nitrogens with two attached hydrogens (primary N) is 1. The lowest BCUT2D eigenvalue weighted by molar-refractivity contribution is 0.0887. The Morgan fingerprint density at radius 1 is 1.59 bits per heavy atom. The van der Waals surface area contributed by atoms with Crippen LogP contribution >= 0.6 is 0 Å². The molecular formula is C10H17N5O2. The molecule has 0 aromatic carbocycles. The summed E-state index contributed by atoms with van der Waals surface area (Å²) in [5.74, 6) is -0.283. The molecule has 2 atom stereocenters. The van der Waals surface area contributed by atoms with Crippen LogP contribution in [-0.4, -0.2) is 46.8 Å². The predicted octanol–water partition coefficient (Wildman–Crippen LogP) is -0.136. The minimum atomic E-state index is -0.314. The predicted molar refractivity (Wildman–Crippen MR) is 61.3 cm³/mol. The van der Waals surface area contributed by atoms with E-state index in [9.17, 15) is 4.79 Å². The van der Waals surface area contributed by atoms with Gasteiger partial charge in [0.2, 0.25) is 11.5 Å². The lowest BCUT2D eigenvalue weighted by Crippen LogP contribution is -2.47.